The lowest BCUT2D eigenvalue weighted by Gasteiger charge is -2.07. The monoisotopic (exact) mass is 194 g/mol. The lowest BCUT2D eigenvalue weighted by molar-refractivity contribution is 0.835. The minimum Gasteiger partial charge on any atom is -0.324 e. The minimum atomic E-state index is 0.0588. The summed E-state index contributed by atoms with van der Waals surface area (Å²) in [6.45, 7) is 10.1. The second-order valence-electron chi connectivity index (χ2n) is 3.80. The Bertz CT molecular complexity index is 245. The van der Waals surface area contributed by atoms with Crippen molar-refractivity contribution in [3.63, 3.8) is 0 Å². The molecule has 0 amide bonds. The normalized spacial score (nSPS) is 16.8. The highest BCUT2D eigenvalue weighted by atomic mass is 14.8. The van der Waals surface area contributed by atoms with E-state index in [2.05, 4.69) is 18.8 Å². The van der Waals surface area contributed by atoms with Crippen molar-refractivity contribution in [2.75, 3.05) is 0 Å². The molecule has 2 N–H and O–H groups in total. The van der Waals surface area contributed by atoms with Crippen molar-refractivity contribution >= 4 is 5.71 Å². The van der Waals surface area contributed by atoms with E-state index in [4.69, 9.17) is 5.73 Å². The third-order valence-corrected chi connectivity index (χ3v) is 1.72. The van der Waals surface area contributed by atoms with Crippen LogP contribution >= 0.6 is 0 Å². The van der Waals surface area contributed by atoms with E-state index in [1.54, 1.807) is 0 Å². The first-order valence-electron chi connectivity index (χ1n) is 5.11. The standard InChI is InChI=1S/C12H22N2/c1-6-7-12(11(5)13)8-10(4)14-9(2)3/h6-9,11H,13H2,1-5H3/b7-6+,12-8+,14-10-. The average Bonchev–Trinajstić information content (AvgIpc) is 2.01. The van der Waals surface area contributed by atoms with Gasteiger partial charge in [-0.3, -0.25) is 4.99 Å². The van der Waals surface area contributed by atoms with E-state index in [0.29, 0.717) is 6.04 Å². The summed E-state index contributed by atoms with van der Waals surface area (Å²) >= 11 is 0. The molecule has 0 bridgehead atoms. The molecule has 0 saturated heterocycles. The molecule has 0 aromatic carbocycles. The van der Waals surface area contributed by atoms with Gasteiger partial charge in [-0.25, -0.2) is 0 Å². The van der Waals surface area contributed by atoms with Crippen LogP contribution in [-0.2, 0) is 0 Å². The van der Waals surface area contributed by atoms with Gasteiger partial charge in [0.1, 0.15) is 0 Å². The fraction of sp³-hybridized carbons (Fsp3) is 0.583. The molecule has 0 fully saturated rings. The fourth-order valence-electron chi connectivity index (χ4n) is 1.21. The number of aliphatic imine (C=N–C) groups is 1. The Morgan fingerprint density at radius 1 is 1.29 bits per heavy atom. The van der Waals surface area contributed by atoms with Gasteiger partial charge in [0.25, 0.3) is 0 Å². The molecule has 0 spiro atoms. The number of nitrogens with zero attached hydrogens (tertiary/aromatic N) is 1. The van der Waals surface area contributed by atoms with Crippen LogP contribution in [0.3, 0.4) is 0 Å². The summed E-state index contributed by atoms with van der Waals surface area (Å²) in [4.78, 5) is 4.43. The molecule has 2 nitrogen and oxygen atoms in total. The molecular formula is C12H22N2. The lowest BCUT2D eigenvalue weighted by Crippen LogP contribution is -2.17. The van der Waals surface area contributed by atoms with Crippen molar-refractivity contribution in [2.45, 2.75) is 46.7 Å². The minimum absolute atomic E-state index is 0.0588. The quantitative estimate of drug-likeness (QED) is 0.542. The van der Waals surface area contributed by atoms with E-state index in [9.17, 15) is 0 Å². The molecule has 1 unspecified atom stereocenters. The van der Waals surface area contributed by atoms with Crippen LogP contribution in [0.4, 0.5) is 0 Å². The molecule has 0 aliphatic heterocycles. The number of hydrogen-bond acceptors (Lipinski definition) is 2. The Kier molecular flexibility index (Phi) is 6.13. The summed E-state index contributed by atoms with van der Waals surface area (Å²) in [5.74, 6) is 0. The van der Waals surface area contributed by atoms with Gasteiger partial charge in [0.05, 0.1) is 0 Å². The number of rotatable bonds is 4. The number of hydrogen-bond donors (Lipinski definition) is 1. The smallest absolute Gasteiger partial charge is 0.0446 e. The molecule has 0 radical (unpaired) electrons. The van der Waals surface area contributed by atoms with Crippen LogP contribution in [0.2, 0.25) is 0 Å². The molecule has 2 heteroatoms. The molecule has 0 rings (SSSR count). The summed E-state index contributed by atoms with van der Waals surface area (Å²) in [6.07, 6.45) is 6.08. The van der Waals surface area contributed by atoms with E-state index >= 15 is 0 Å². The predicted octanol–water partition coefficient (Wildman–Crippen LogP) is 2.71. The zero-order valence-corrected chi connectivity index (χ0v) is 9.91. The van der Waals surface area contributed by atoms with Crippen molar-refractivity contribution in [3.8, 4) is 0 Å². The van der Waals surface area contributed by atoms with Crippen molar-refractivity contribution < 1.29 is 0 Å². The zero-order chi connectivity index (χ0) is 11.1. The summed E-state index contributed by atoms with van der Waals surface area (Å²) in [5.41, 5.74) is 7.98. The Hall–Kier alpha value is -0.890. The molecule has 0 heterocycles. The third kappa shape index (κ3) is 5.70. The van der Waals surface area contributed by atoms with Gasteiger partial charge in [-0.05, 0) is 46.3 Å². The third-order valence-electron chi connectivity index (χ3n) is 1.72. The Labute approximate surface area is 87.6 Å². The molecule has 14 heavy (non-hydrogen) atoms. The van der Waals surface area contributed by atoms with Gasteiger partial charge in [-0.2, -0.15) is 0 Å². The highest BCUT2D eigenvalue weighted by Crippen LogP contribution is 2.03. The van der Waals surface area contributed by atoms with Gasteiger partial charge >= 0.3 is 0 Å². The van der Waals surface area contributed by atoms with E-state index in [-0.39, 0.29) is 6.04 Å². The fourth-order valence-corrected chi connectivity index (χ4v) is 1.21. The van der Waals surface area contributed by atoms with Gasteiger partial charge in [0, 0.05) is 17.8 Å². The summed E-state index contributed by atoms with van der Waals surface area (Å²) in [5, 5.41) is 0. The van der Waals surface area contributed by atoms with Crippen LogP contribution < -0.4 is 5.73 Å². The largest absolute Gasteiger partial charge is 0.324 e. The topological polar surface area (TPSA) is 38.4 Å². The van der Waals surface area contributed by atoms with Crippen LogP contribution in [0.25, 0.3) is 0 Å². The van der Waals surface area contributed by atoms with Crippen molar-refractivity contribution in [2.24, 2.45) is 10.7 Å². The van der Waals surface area contributed by atoms with Crippen LogP contribution in [-0.4, -0.2) is 17.8 Å². The first-order valence-corrected chi connectivity index (χ1v) is 5.11. The maximum atomic E-state index is 5.83. The van der Waals surface area contributed by atoms with E-state index in [1.165, 1.54) is 0 Å². The maximum Gasteiger partial charge on any atom is 0.0446 e. The van der Waals surface area contributed by atoms with Gasteiger partial charge in [-0.1, -0.05) is 12.2 Å². The van der Waals surface area contributed by atoms with Crippen LogP contribution in [0.1, 0.15) is 34.6 Å². The van der Waals surface area contributed by atoms with E-state index in [0.717, 1.165) is 11.3 Å². The number of allylic oxidation sites excluding steroid dienone is 2. The Balaban J connectivity index is 4.73. The number of nitrogens with two attached hydrogens (primary N) is 1. The zero-order valence-electron chi connectivity index (χ0n) is 9.91. The SMILES string of the molecule is C/C=C/C(=C\C(C)=N/C(C)C)C(C)N. The maximum absolute atomic E-state index is 5.83. The first-order chi connectivity index (χ1) is 6.47. The molecule has 1 atom stereocenters. The van der Waals surface area contributed by atoms with Crippen LogP contribution in [0.15, 0.2) is 28.8 Å². The second kappa shape index (κ2) is 6.55. The highest BCUT2D eigenvalue weighted by Gasteiger charge is 1.99. The first kappa shape index (κ1) is 13.1. The van der Waals surface area contributed by atoms with Gasteiger partial charge in [-0.15, -0.1) is 0 Å². The molecule has 0 aromatic heterocycles. The average molecular weight is 194 g/mol. The highest BCUT2D eigenvalue weighted by molar-refractivity contribution is 5.94. The second-order valence-corrected chi connectivity index (χ2v) is 3.80. The summed E-state index contributed by atoms with van der Waals surface area (Å²) < 4.78 is 0. The van der Waals surface area contributed by atoms with Gasteiger partial charge < -0.3 is 5.73 Å². The molecule has 0 aliphatic carbocycles. The molecule has 0 aromatic rings. The molecule has 0 aliphatic rings. The van der Waals surface area contributed by atoms with Crippen molar-refractivity contribution in [1.82, 2.24) is 0 Å². The lowest BCUT2D eigenvalue weighted by atomic mass is 10.1. The van der Waals surface area contributed by atoms with E-state index in [1.807, 2.05) is 39.0 Å². The van der Waals surface area contributed by atoms with Crippen LogP contribution in [0.5, 0.6) is 0 Å². The molecule has 80 valence electrons. The predicted molar refractivity (Wildman–Crippen MR) is 64.8 cm³/mol. The van der Waals surface area contributed by atoms with Crippen molar-refractivity contribution in [3.05, 3.63) is 23.8 Å². The van der Waals surface area contributed by atoms with Crippen LogP contribution in [0, 0.1) is 0 Å². The Morgan fingerprint density at radius 3 is 2.21 bits per heavy atom. The van der Waals surface area contributed by atoms with Crippen molar-refractivity contribution in [1.29, 1.82) is 0 Å². The van der Waals surface area contributed by atoms with E-state index < -0.39 is 0 Å². The summed E-state index contributed by atoms with van der Waals surface area (Å²) in [7, 11) is 0. The van der Waals surface area contributed by atoms with Gasteiger partial charge in [0.2, 0.25) is 0 Å². The Morgan fingerprint density at radius 2 is 1.86 bits per heavy atom. The molecular weight excluding hydrogens is 172 g/mol. The summed E-state index contributed by atoms with van der Waals surface area (Å²) in [6, 6.07) is 0.398. The molecule has 0 saturated carbocycles. The van der Waals surface area contributed by atoms with Gasteiger partial charge in [0.15, 0.2) is 0 Å².